The first-order chi connectivity index (χ1) is 12.1. The molecule has 10 nitrogen and oxygen atoms in total. The van der Waals surface area contributed by atoms with Gasteiger partial charge in [-0.3, -0.25) is 20.2 Å². The van der Waals surface area contributed by atoms with Crippen LogP contribution < -0.4 is 31.9 Å². The summed E-state index contributed by atoms with van der Waals surface area (Å²) < 4.78 is 0. The van der Waals surface area contributed by atoms with Gasteiger partial charge in [0, 0.05) is 39.3 Å². The van der Waals surface area contributed by atoms with E-state index in [1.807, 2.05) is 0 Å². The third-order valence-electron chi connectivity index (χ3n) is 3.84. The SMILES string of the molecule is N#C[S-].O=C1NC(=O)C2(CNCCNCCCNCCNC2)C(=O)N1.[Cu+]. The number of urea groups is 1. The number of nitriles is 1. The summed E-state index contributed by atoms with van der Waals surface area (Å²) in [6.45, 7) is 5.00. The van der Waals surface area contributed by atoms with Gasteiger partial charge in [-0.25, -0.2) is 10.1 Å². The van der Waals surface area contributed by atoms with Crippen LogP contribution in [0.4, 0.5) is 4.79 Å². The molecule has 0 bridgehead atoms. The van der Waals surface area contributed by atoms with Gasteiger partial charge in [-0.2, -0.15) is 0 Å². The van der Waals surface area contributed by atoms with Crippen LogP contribution in [-0.2, 0) is 39.3 Å². The molecule has 0 atom stereocenters. The first-order valence-corrected chi connectivity index (χ1v) is 8.48. The van der Waals surface area contributed by atoms with Crippen LogP contribution >= 0.6 is 0 Å². The maximum absolute atomic E-state index is 12.2. The second-order valence-electron chi connectivity index (χ2n) is 5.62. The summed E-state index contributed by atoms with van der Waals surface area (Å²) >= 11 is 3.70. The predicted molar refractivity (Wildman–Crippen MR) is 93.2 cm³/mol. The van der Waals surface area contributed by atoms with E-state index in [1.165, 1.54) is 5.40 Å². The number of imide groups is 2. The summed E-state index contributed by atoms with van der Waals surface area (Å²) in [6.07, 6.45) is 1.05. The molecule has 2 heterocycles. The van der Waals surface area contributed by atoms with Crippen LogP contribution in [0.25, 0.3) is 0 Å². The van der Waals surface area contributed by atoms with Gasteiger partial charge in [0.15, 0.2) is 5.41 Å². The molecule has 0 aromatic rings. The van der Waals surface area contributed by atoms with E-state index in [1.54, 1.807) is 0 Å². The summed E-state index contributed by atoms with van der Waals surface area (Å²) in [6, 6.07) is -0.761. The molecule has 0 radical (unpaired) electrons. The van der Waals surface area contributed by atoms with Gasteiger partial charge in [0.05, 0.1) is 0 Å². The fraction of sp³-hybridized carbons (Fsp3) is 0.714. The second kappa shape index (κ2) is 13.8. The molecule has 0 unspecified atom stereocenters. The fourth-order valence-electron chi connectivity index (χ4n) is 2.51. The van der Waals surface area contributed by atoms with Crippen molar-refractivity contribution in [2.75, 3.05) is 52.4 Å². The van der Waals surface area contributed by atoms with Gasteiger partial charge in [-0.1, -0.05) is 5.40 Å². The van der Waals surface area contributed by atoms with E-state index in [2.05, 4.69) is 44.5 Å². The van der Waals surface area contributed by atoms with Crippen LogP contribution in [0.2, 0.25) is 0 Å². The Balaban J connectivity index is 0.00000146. The number of hydrogen-bond donors (Lipinski definition) is 6. The number of amides is 4. The van der Waals surface area contributed by atoms with Crippen molar-refractivity contribution in [1.29, 1.82) is 5.26 Å². The second-order valence-corrected chi connectivity index (χ2v) is 5.80. The first kappa shape index (κ1) is 24.7. The number of hydrogen-bond acceptors (Lipinski definition) is 9. The van der Waals surface area contributed by atoms with E-state index in [4.69, 9.17) is 5.26 Å². The number of barbiturate groups is 1. The number of nitrogens with one attached hydrogen (secondary N) is 6. The van der Waals surface area contributed by atoms with E-state index in [9.17, 15) is 14.4 Å². The molecular weight excluding hydrogens is 410 g/mol. The zero-order valence-electron chi connectivity index (χ0n) is 14.2. The molecule has 4 amide bonds. The number of carbonyl (C=O) groups excluding carboxylic acids is 3. The third kappa shape index (κ3) is 7.92. The quantitative estimate of drug-likeness (QED) is 0.102. The molecule has 2 rings (SSSR count). The van der Waals surface area contributed by atoms with Crippen LogP contribution in [0.15, 0.2) is 0 Å². The zero-order valence-corrected chi connectivity index (χ0v) is 16.0. The van der Waals surface area contributed by atoms with Crippen LogP contribution in [0.5, 0.6) is 0 Å². The summed E-state index contributed by atoms with van der Waals surface area (Å²) in [4.78, 5) is 35.7. The minimum atomic E-state index is -1.31. The van der Waals surface area contributed by atoms with Crippen molar-refractivity contribution in [3.8, 4) is 5.40 Å². The minimum absolute atomic E-state index is 0. The molecule has 0 aliphatic carbocycles. The molecule has 0 aromatic heterocycles. The molecule has 0 saturated carbocycles. The smallest absolute Gasteiger partial charge is 0.696 e. The minimum Gasteiger partial charge on any atom is -0.696 e. The Morgan fingerprint density at radius 1 is 0.808 bits per heavy atom. The van der Waals surface area contributed by atoms with Gasteiger partial charge >= 0.3 is 23.1 Å². The Kier molecular flexibility index (Phi) is 13.1. The summed E-state index contributed by atoms with van der Waals surface area (Å²) in [7, 11) is 0. The topological polar surface area (TPSA) is 147 Å². The summed E-state index contributed by atoms with van der Waals surface area (Å²) in [5, 5.41) is 25.7. The average molecular weight is 434 g/mol. The Bertz CT molecular complexity index is 479. The molecule has 12 heteroatoms. The van der Waals surface area contributed by atoms with Crippen molar-refractivity contribution >= 4 is 30.5 Å². The fourth-order valence-corrected chi connectivity index (χ4v) is 2.51. The van der Waals surface area contributed by atoms with Crippen molar-refractivity contribution in [1.82, 2.24) is 31.9 Å². The largest absolute Gasteiger partial charge is 1.00 e. The normalized spacial score (nSPS) is 21.6. The van der Waals surface area contributed by atoms with Crippen LogP contribution in [-0.4, -0.2) is 70.2 Å². The van der Waals surface area contributed by atoms with E-state index in [-0.39, 0.29) is 30.2 Å². The Morgan fingerprint density at radius 2 is 1.19 bits per heavy atom. The van der Waals surface area contributed by atoms with Crippen LogP contribution in [0.1, 0.15) is 6.42 Å². The van der Waals surface area contributed by atoms with Gasteiger partial charge in [-0.15, -0.1) is 0 Å². The van der Waals surface area contributed by atoms with Crippen LogP contribution in [0, 0.1) is 16.1 Å². The third-order valence-corrected chi connectivity index (χ3v) is 3.84. The van der Waals surface area contributed by atoms with Crippen molar-refractivity contribution in [2.45, 2.75) is 6.42 Å². The van der Waals surface area contributed by atoms with Gasteiger partial charge in [0.2, 0.25) is 11.8 Å². The molecule has 2 saturated heterocycles. The summed E-state index contributed by atoms with van der Waals surface area (Å²) in [5.74, 6) is -1.12. The monoisotopic (exact) mass is 433 g/mol. The molecule has 150 valence electrons. The molecule has 2 fully saturated rings. The number of rotatable bonds is 0. The van der Waals surface area contributed by atoms with Crippen molar-refractivity contribution < 1.29 is 31.5 Å². The van der Waals surface area contributed by atoms with Gasteiger partial charge in [-0.05, 0) is 19.5 Å². The molecule has 0 aromatic carbocycles. The van der Waals surface area contributed by atoms with Gasteiger partial charge in [0.25, 0.3) is 0 Å². The maximum Gasteiger partial charge on any atom is 1.00 e. The average Bonchev–Trinajstić information content (AvgIpc) is 2.56. The molecular formula is C14H24CuN7O3S. The Labute approximate surface area is 168 Å². The van der Waals surface area contributed by atoms with Crippen molar-refractivity contribution in [3.63, 3.8) is 0 Å². The molecule has 6 N–H and O–H groups in total. The standard InChI is InChI=1S/C13H24N6O3.CHNS.Cu/c20-10-13(11(21)19-12(22)18-10)8-16-6-4-14-2-1-3-15-5-7-17-9-13;2-1-3;/h14-17H,1-9H2,(H2,18,19,20,21,22);3H;/q;;+1/p-1. The molecule has 1 spiro atoms. The Morgan fingerprint density at radius 3 is 1.62 bits per heavy atom. The van der Waals surface area contributed by atoms with E-state index >= 15 is 0 Å². The van der Waals surface area contributed by atoms with E-state index in [0.29, 0.717) is 13.1 Å². The Hall–Kier alpha value is -1.32. The van der Waals surface area contributed by atoms with E-state index in [0.717, 1.165) is 32.6 Å². The van der Waals surface area contributed by atoms with Gasteiger partial charge in [0.1, 0.15) is 0 Å². The predicted octanol–water partition coefficient (Wildman–Crippen LogP) is -2.89. The van der Waals surface area contributed by atoms with E-state index < -0.39 is 23.3 Å². The van der Waals surface area contributed by atoms with Crippen molar-refractivity contribution in [3.05, 3.63) is 0 Å². The van der Waals surface area contributed by atoms with Crippen molar-refractivity contribution in [2.24, 2.45) is 5.41 Å². The number of carbonyl (C=O) groups is 3. The number of thiocyanates is 1. The maximum atomic E-state index is 12.2. The first-order valence-electron chi connectivity index (χ1n) is 8.08. The molecule has 2 aliphatic rings. The number of nitrogens with zero attached hydrogens (tertiary/aromatic N) is 1. The summed E-state index contributed by atoms with van der Waals surface area (Å²) in [5.41, 5.74) is -1.31. The van der Waals surface area contributed by atoms with Crippen LogP contribution in [0.3, 0.4) is 0 Å². The molecule has 26 heavy (non-hydrogen) atoms. The molecule has 2 aliphatic heterocycles. The zero-order chi connectivity index (χ0) is 18.5. The van der Waals surface area contributed by atoms with Gasteiger partial charge < -0.3 is 33.9 Å².